The average Bonchev–Trinajstić information content (AvgIpc) is 3.11. The van der Waals surface area contributed by atoms with E-state index in [4.69, 9.17) is 4.74 Å². The van der Waals surface area contributed by atoms with E-state index < -0.39 is 0 Å². The highest BCUT2D eigenvalue weighted by atomic mass is 16.5. The van der Waals surface area contributed by atoms with Crippen LogP contribution in [0.5, 0.6) is 0 Å². The van der Waals surface area contributed by atoms with Gasteiger partial charge in [-0.1, -0.05) is 44.2 Å². The smallest absolute Gasteiger partial charge is 0.338 e. The first kappa shape index (κ1) is 18.5. The third kappa shape index (κ3) is 2.86. The molecule has 150 valence electrons. The molecule has 0 aromatic heterocycles. The van der Waals surface area contributed by atoms with Crippen molar-refractivity contribution in [3.05, 3.63) is 48.0 Å². The number of carbonyl (C=O) groups is 1. The molecule has 0 aliphatic heterocycles. The van der Waals surface area contributed by atoms with Crippen molar-refractivity contribution in [2.24, 2.45) is 34.5 Å². The van der Waals surface area contributed by atoms with Crippen molar-refractivity contribution >= 4 is 5.97 Å². The van der Waals surface area contributed by atoms with E-state index in [0.717, 1.165) is 36.5 Å². The van der Waals surface area contributed by atoms with Gasteiger partial charge in [-0.05, 0) is 98.0 Å². The van der Waals surface area contributed by atoms with E-state index in [1.807, 2.05) is 30.3 Å². The van der Waals surface area contributed by atoms with Crippen LogP contribution in [0.2, 0.25) is 0 Å². The molecular weight excluding hydrogens is 344 g/mol. The first-order valence-corrected chi connectivity index (χ1v) is 11.4. The summed E-state index contributed by atoms with van der Waals surface area (Å²) in [6, 6.07) is 9.47. The highest BCUT2D eigenvalue weighted by Gasteiger charge is 2.57. The van der Waals surface area contributed by atoms with Crippen molar-refractivity contribution in [1.82, 2.24) is 0 Å². The summed E-state index contributed by atoms with van der Waals surface area (Å²) in [6.45, 7) is 5.08. The summed E-state index contributed by atoms with van der Waals surface area (Å²) in [6.07, 6.45) is 15.2. The van der Waals surface area contributed by atoms with Gasteiger partial charge in [0.05, 0.1) is 5.56 Å². The predicted molar refractivity (Wildman–Crippen MR) is 112 cm³/mol. The summed E-state index contributed by atoms with van der Waals surface area (Å²) in [5.74, 6) is 3.22. The molecule has 5 rings (SSSR count). The van der Waals surface area contributed by atoms with Crippen molar-refractivity contribution in [1.29, 1.82) is 0 Å². The Morgan fingerprint density at radius 3 is 2.64 bits per heavy atom. The molecule has 1 aromatic rings. The van der Waals surface area contributed by atoms with Crippen LogP contribution in [0.1, 0.15) is 75.6 Å². The second kappa shape index (κ2) is 6.75. The fourth-order valence-electron chi connectivity index (χ4n) is 7.60. The molecule has 0 bridgehead atoms. The molecule has 2 heteroatoms. The number of fused-ring (bicyclic) bond motifs is 5. The van der Waals surface area contributed by atoms with Gasteiger partial charge in [-0.25, -0.2) is 4.79 Å². The lowest BCUT2D eigenvalue weighted by Gasteiger charge is -2.60. The summed E-state index contributed by atoms with van der Waals surface area (Å²) in [7, 11) is 0. The number of rotatable bonds is 2. The van der Waals surface area contributed by atoms with E-state index in [1.54, 1.807) is 0 Å². The SMILES string of the molecule is C[C@]12CC[C@@H](OC(=O)c3ccccc3)C[C@@H]1CC[C@@H]1[C@H]2CC[C@]2(C)C=CC[C@H]12. The van der Waals surface area contributed by atoms with Gasteiger partial charge in [-0.2, -0.15) is 0 Å². The van der Waals surface area contributed by atoms with E-state index in [0.29, 0.717) is 16.4 Å². The van der Waals surface area contributed by atoms with Gasteiger partial charge in [0.15, 0.2) is 0 Å². The topological polar surface area (TPSA) is 26.3 Å². The summed E-state index contributed by atoms with van der Waals surface area (Å²) < 4.78 is 5.94. The van der Waals surface area contributed by atoms with Crippen LogP contribution in [0.25, 0.3) is 0 Å². The lowest BCUT2D eigenvalue weighted by atomic mass is 9.45. The normalized spacial score (nSPS) is 44.3. The maximum atomic E-state index is 12.5. The molecule has 28 heavy (non-hydrogen) atoms. The molecule has 3 saturated carbocycles. The van der Waals surface area contributed by atoms with Crippen LogP contribution in [0.4, 0.5) is 0 Å². The van der Waals surface area contributed by atoms with Gasteiger partial charge in [0.2, 0.25) is 0 Å². The fraction of sp³-hybridized carbons (Fsp3) is 0.654. The quantitative estimate of drug-likeness (QED) is 0.438. The average molecular weight is 379 g/mol. The molecule has 0 amide bonds. The Hall–Kier alpha value is -1.57. The number of ether oxygens (including phenoxy) is 1. The van der Waals surface area contributed by atoms with Crippen molar-refractivity contribution < 1.29 is 9.53 Å². The molecule has 0 spiro atoms. The molecule has 0 radical (unpaired) electrons. The minimum atomic E-state index is -0.145. The summed E-state index contributed by atoms with van der Waals surface area (Å²) in [5, 5.41) is 0. The molecule has 1 aromatic carbocycles. The number of allylic oxidation sites excluding steroid dienone is 2. The summed E-state index contributed by atoms with van der Waals surface area (Å²) in [5.41, 5.74) is 1.59. The number of hydrogen-bond donors (Lipinski definition) is 0. The maximum Gasteiger partial charge on any atom is 0.338 e. The molecule has 0 unspecified atom stereocenters. The van der Waals surface area contributed by atoms with Gasteiger partial charge in [0.1, 0.15) is 6.10 Å². The second-order valence-corrected chi connectivity index (χ2v) is 10.5. The second-order valence-electron chi connectivity index (χ2n) is 10.5. The molecule has 7 atom stereocenters. The molecule has 2 nitrogen and oxygen atoms in total. The first-order chi connectivity index (χ1) is 13.5. The molecule has 4 aliphatic rings. The third-order valence-corrected chi connectivity index (χ3v) is 9.23. The van der Waals surface area contributed by atoms with E-state index in [1.165, 1.54) is 38.5 Å². The zero-order chi connectivity index (χ0) is 19.4. The fourth-order valence-corrected chi connectivity index (χ4v) is 7.60. The van der Waals surface area contributed by atoms with E-state index in [-0.39, 0.29) is 12.1 Å². The van der Waals surface area contributed by atoms with Crippen molar-refractivity contribution in [3.8, 4) is 0 Å². The predicted octanol–water partition coefficient (Wildman–Crippen LogP) is 6.42. The molecule has 4 aliphatic carbocycles. The van der Waals surface area contributed by atoms with Crippen LogP contribution in [0, 0.1) is 34.5 Å². The van der Waals surface area contributed by atoms with Crippen molar-refractivity contribution in [3.63, 3.8) is 0 Å². The van der Waals surface area contributed by atoms with E-state index >= 15 is 0 Å². The minimum Gasteiger partial charge on any atom is -0.459 e. The zero-order valence-corrected chi connectivity index (χ0v) is 17.4. The Morgan fingerprint density at radius 1 is 1.00 bits per heavy atom. The zero-order valence-electron chi connectivity index (χ0n) is 17.4. The van der Waals surface area contributed by atoms with Crippen molar-refractivity contribution in [2.75, 3.05) is 0 Å². The minimum absolute atomic E-state index is 0.101. The maximum absolute atomic E-state index is 12.5. The van der Waals surface area contributed by atoms with Gasteiger partial charge >= 0.3 is 5.97 Å². The Labute approximate surface area is 169 Å². The Morgan fingerprint density at radius 2 is 1.82 bits per heavy atom. The first-order valence-electron chi connectivity index (χ1n) is 11.4. The third-order valence-electron chi connectivity index (χ3n) is 9.23. The van der Waals surface area contributed by atoms with Gasteiger partial charge in [0.25, 0.3) is 0 Å². The van der Waals surface area contributed by atoms with Gasteiger partial charge < -0.3 is 4.74 Å². The van der Waals surface area contributed by atoms with E-state index in [9.17, 15) is 4.79 Å². The molecule has 0 N–H and O–H groups in total. The largest absolute Gasteiger partial charge is 0.459 e. The summed E-state index contributed by atoms with van der Waals surface area (Å²) in [4.78, 5) is 12.5. The lowest BCUT2D eigenvalue weighted by molar-refractivity contribution is -0.118. The van der Waals surface area contributed by atoms with Crippen LogP contribution in [0.15, 0.2) is 42.5 Å². The molecular formula is C26H34O2. The van der Waals surface area contributed by atoms with Gasteiger partial charge in [0, 0.05) is 0 Å². The van der Waals surface area contributed by atoms with Crippen LogP contribution in [0.3, 0.4) is 0 Å². The Bertz CT molecular complexity index is 768. The van der Waals surface area contributed by atoms with Crippen molar-refractivity contribution in [2.45, 2.75) is 71.3 Å². The van der Waals surface area contributed by atoms with Crippen LogP contribution in [-0.2, 0) is 4.74 Å². The highest BCUT2D eigenvalue weighted by Crippen LogP contribution is 2.65. The molecule has 0 saturated heterocycles. The standard InChI is InChI=1S/C26H34O2/c1-25-14-6-9-22(25)21-11-10-19-17-20(12-16-26(19,2)23(21)13-15-25)28-24(27)18-7-4-3-5-8-18/h3-8,14,19-23H,9-13,15-17H2,1-2H3/t19-,20+,21-,22+,23+,25-,26-/m0/s1. The Kier molecular flexibility index (Phi) is 4.45. The lowest BCUT2D eigenvalue weighted by Crippen LogP contribution is -2.53. The number of esters is 1. The molecule has 3 fully saturated rings. The van der Waals surface area contributed by atoms with E-state index in [2.05, 4.69) is 26.0 Å². The summed E-state index contributed by atoms with van der Waals surface area (Å²) >= 11 is 0. The van der Waals surface area contributed by atoms with Crippen LogP contribution >= 0.6 is 0 Å². The highest BCUT2D eigenvalue weighted by molar-refractivity contribution is 5.89. The number of benzene rings is 1. The number of carbonyl (C=O) groups excluding carboxylic acids is 1. The van der Waals surface area contributed by atoms with Crippen LogP contribution < -0.4 is 0 Å². The van der Waals surface area contributed by atoms with Gasteiger partial charge in [-0.15, -0.1) is 0 Å². The van der Waals surface area contributed by atoms with Gasteiger partial charge in [-0.3, -0.25) is 0 Å². The Balaban J connectivity index is 1.28. The molecule has 0 heterocycles. The monoisotopic (exact) mass is 378 g/mol. The number of hydrogen-bond acceptors (Lipinski definition) is 2. The van der Waals surface area contributed by atoms with Crippen LogP contribution in [-0.4, -0.2) is 12.1 Å².